The van der Waals surface area contributed by atoms with Gasteiger partial charge >= 0.3 is 0 Å². The molecule has 0 fully saturated rings. The number of hydrogen-bond acceptors (Lipinski definition) is 4. The van der Waals surface area contributed by atoms with Crippen LogP contribution in [-0.4, -0.2) is 15.3 Å². The zero-order valence-electron chi connectivity index (χ0n) is 47.6. The van der Waals surface area contributed by atoms with Crippen LogP contribution in [0.1, 0.15) is 17.4 Å². The number of thiophene rings is 2. The van der Waals surface area contributed by atoms with Gasteiger partial charge in [0.2, 0.25) is 0 Å². The normalized spacial score (nSPS) is 13.7. The molecule has 14 aromatic carbocycles. The second-order valence-corrected chi connectivity index (χ2v) is 25.8. The van der Waals surface area contributed by atoms with Crippen molar-refractivity contribution in [3.05, 3.63) is 289 Å². The minimum absolute atomic E-state index is 0.549. The van der Waals surface area contributed by atoms with E-state index in [-0.39, 0.29) is 0 Å². The van der Waals surface area contributed by atoms with Crippen LogP contribution in [0, 0.1) is 0 Å². The fourth-order valence-electron chi connectivity index (χ4n) is 14.8. The first-order valence-electron chi connectivity index (χ1n) is 30.3. The Morgan fingerprint density at radius 2 is 0.933 bits per heavy atom. The van der Waals surface area contributed by atoms with Gasteiger partial charge in [0.25, 0.3) is 0 Å². The number of H-pyrrole nitrogens is 1. The molecule has 1 aliphatic rings. The highest BCUT2D eigenvalue weighted by Gasteiger charge is 2.24. The van der Waals surface area contributed by atoms with Crippen molar-refractivity contribution in [3.63, 3.8) is 0 Å². The van der Waals surface area contributed by atoms with E-state index < -0.39 is 6.29 Å². The van der Waals surface area contributed by atoms with Crippen LogP contribution in [0.2, 0.25) is 0 Å². The Labute approximate surface area is 517 Å². The van der Waals surface area contributed by atoms with Crippen molar-refractivity contribution in [1.29, 1.82) is 0 Å². The predicted octanol–water partition coefficient (Wildman–Crippen LogP) is 24.1. The molecule has 5 aromatic heterocycles. The number of furan rings is 1. The van der Waals surface area contributed by atoms with E-state index in [2.05, 4.69) is 283 Å². The number of aliphatic imine (C=N–C) groups is 1. The maximum Gasteiger partial charge on any atom is 0.143 e. The second kappa shape index (κ2) is 18.7. The highest BCUT2D eigenvalue weighted by atomic mass is 32.1. The first kappa shape index (κ1) is 49.1. The Bertz CT molecular complexity index is 6290. The van der Waals surface area contributed by atoms with Crippen molar-refractivity contribution in [2.24, 2.45) is 4.99 Å². The van der Waals surface area contributed by atoms with Crippen LogP contribution in [0.4, 0.5) is 5.69 Å². The molecule has 0 saturated heterocycles. The molecule has 20 rings (SSSR count). The van der Waals surface area contributed by atoms with Crippen LogP contribution in [0.25, 0.3) is 177 Å². The third kappa shape index (κ3) is 7.25. The molecule has 1 N–H and O–H groups in total. The molecule has 5 nitrogen and oxygen atoms in total. The van der Waals surface area contributed by atoms with E-state index in [1.165, 1.54) is 106 Å². The van der Waals surface area contributed by atoms with Gasteiger partial charge in [-0.25, -0.2) is 0 Å². The average Bonchev–Trinajstić information content (AvgIpc) is 1.71. The van der Waals surface area contributed by atoms with Crippen LogP contribution in [0.3, 0.4) is 0 Å². The van der Waals surface area contributed by atoms with Crippen molar-refractivity contribution >= 4 is 162 Å². The van der Waals surface area contributed by atoms with Crippen LogP contribution >= 0.6 is 22.7 Å². The number of fused-ring (bicyclic) bond motifs is 20. The first-order valence-corrected chi connectivity index (χ1v) is 31.9. The number of nitrogens with one attached hydrogen (secondary N) is 1. The third-order valence-corrected chi connectivity index (χ3v) is 21.3. The Balaban J connectivity index is 0.686. The molecule has 0 aliphatic carbocycles. The zero-order valence-corrected chi connectivity index (χ0v) is 49.3. The van der Waals surface area contributed by atoms with Crippen molar-refractivity contribution in [3.8, 4) is 44.5 Å². The van der Waals surface area contributed by atoms with E-state index in [1.807, 2.05) is 22.7 Å². The van der Waals surface area contributed by atoms with E-state index in [9.17, 15) is 0 Å². The molecule has 6 heterocycles. The average molecular weight is 1170 g/mol. The molecule has 1 aliphatic heterocycles. The fraction of sp³-hybridized carbons (Fsp3) is 0.0122. The maximum absolute atomic E-state index is 6.86. The summed E-state index contributed by atoms with van der Waals surface area (Å²) < 4.78 is 14.4. The van der Waals surface area contributed by atoms with Crippen LogP contribution in [-0.2, 0) is 0 Å². The number of aromatic amines is 1. The predicted molar refractivity (Wildman–Crippen MR) is 379 cm³/mol. The smallest absolute Gasteiger partial charge is 0.143 e. The highest BCUT2D eigenvalue weighted by Crippen LogP contribution is 2.50. The summed E-state index contributed by atoms with van der Waals surface area (Å²) in [6, 6.07) is 100.0. The highest BCUT2D eigenvalue weighted by molar-refractivity contribution is 7.26. The summed E-state index contributed by atoms with van der Waals surface area (Å²) in [4.78, 5) is 9.36. The summed E-state index contributed by atoms with van der Waals surface area (Å²) in [5.74, 6) is 0. The molecule has 89 heavy (non-hydrogen) atoms. The number of rotatable bonds is 6. The SMILES string of the molecule is c1ccc2c(c1)[N-]C(n1c3ccc(-c4cccc5c4sc4ccccc45)cc3c3c4ccccc4ccc31)N=C2c1ccc(-c2ccc(-c3ccc4oc5c(-c6ccc7[nH]c8ccc9ccccc9c8c7c6)cccc5c4c3)c3c2sc2ccccc23)cc1. The van der Waals surface area contributed by atoms with Gasteiger partial charge in [-0.1, -0.05) is 212 Å². The Morgan fingerprint density at radius 1 is 0.360 bits per heavy atom. The number of hydrogen-bond donors (Lipinski definition) is 1. The molecule has 1 unspecified atom stereocenters. The van der Waals surface area contributed by atoms with Crippen molar-refractivity contribution in [1.82, 2.24) is 9.55 Å². The van der Waals surface area contributed by atoms with Crippen LogP contribution in [0.15, 0.2) is 282 Å². The van der Waals surface area contributed by atoms with Gasteiger partial charge in [0, 0.05) is 100 Å². The summed E-state index contributed by atoms with van der Waals surface area (Å²) in [7, 11) is 0. The van der Waals surface area contributed by atoms with Gasteiger partial charge in [0.05, 0.1) is 17.5 Å². The maximum atomic E-state index is 6.86. The molecule has 1 atom stereocenters. The van der Waals surface area contributed by atoms with Crippen LogP contribution in [0.5, 0.6) is 0 Å². The van der Waals surface area contributed by atoms with Gasteiger partial charge in [-0.15, -0.1) is 28.4 Å². The lowest BCUT2D eigenvalue weighted by molar-refractivity contribution is 0.655. The topological polar surface area (TPSA) is 60.3 Å². The van der Waals surface area contributed by atoms with Crippen LogP contribution < -0.4 is 0 Å². The number of aromatic nitrogens is 2. The molecule has 0 spiro atoms. The van der Waals surface area contributed by atoms with Crippen molar-refractivity contribution in [2.45, 2.75) is 6.29 Å². The van der Waals surface area contributed by atoms with Crippen molar-refractivity contribution < 1.29 is 4.42 Å². The van der Waals surface area contributed by atoms with Gasteiger partial charge < -0.3 is 19.3 Å². The quantitative estimate of drug-likeness (QED) is 0.177. The minimum Gasteiger partial charge on any atom is -0.646 e. The van der Waals surface area contributed by atoms with Gasteiger partial charge in [0.1, 0.15) is 11.2 Å². The van der Waals surface area contributed by atoms with E-state index in [0.717, 1.165) is 88.8 Å². The van der Waals surface area contributed by atoms with E-state index in [4.69, 9.17) is 14.7 Å². The fourth-order valence-corrected chi connectivity index (χ4v) is 17.3. The summed E-state index contributed by atoms with van der Waals surface area (Å²) >= 11 is 3.74. The molecular formula is C82H47N4OS2-. The van der Waals surface area contributed by atoms with Crippen molar-refractivity contribution in [2.75, 3.05) is 0 Å². The Kier molecular flexibility index (Phi) is 10.3. The molecule has 0 saturated carbocycles. The first-order chi connectivity index (χ1) is 44.1. The standard InChI is InChI=1S/C82H47N4OS2/c1-3-15-53-46(13-1)31-39-69-75(53)65-44-51(32-38-68(65)83-69)56-20-11-22-60-64-43-50(35-42-72(64)87-79(56)60)55-36-37-58(81-77(55)63-19-7-10-26-74(63)89-81)48-27-29-49(30-28-48)78-62-18-5-8-24-67(62)84-82(85-78)86-70-40-34-52(45-66(70)76-54-16-4-2-14-47(54)33-41-71(76)86)57-21-12-23-61-59-17-6-9-25-73(59)88-80(57)61/h1-45,82-83H/q-1. The lowest BCUT2D eigenvalue weighted by Gasteiger charge is -2.39. The van der Waals surface area contributed by atoms with E-state index in [1.54, 1.807) is 0 Å². The Morgan fingerprint density at radius 3 is 1.80 bits per heavy atom. The van der Waals surface area contributed by atoms with Gasteiger partial charge in [-0.3, -0.25) is 4.99 Å². The molecular weight excluding hydrogens is 1120 g/mol. The summed E-state index contributed by atoms with van der Waals surface area (Å²) in [6.07, 6.45) is -0.549. The molecule has 0 radical (unpaired) electrons. The van der Waals surface area contributed by atoms with E-state index in [0.29, 0.717) is 0 Å². The minimum atomic E-state index is -0.549. The monoisotopic (exact) mass is 1170 g/mol. The zero-order chi connectivity index (χ0) is 58.0. The molecule has 19 aromatic rings. The van der Waals surface area contributed by atoms with Gasteiger partial charge in [0.15, 0.2) is 0 Å². The third-order valence-electron chi connectivity index (χ3n) is 18.9. The van der Waals surface area contributed by atoms with Gasteiger partial charge in [-0.05, 0) is 127 Å². The number of nitrogens with zero attached hydrogens (tertiary/aromatic N) is 3. The largest absolute Gasteiger partial charge is 0.646 e. The second-order valence-electron chi connectivity index (χ2n) is 23.7. The summed E-state index contributed by atoms with van der Waals surface area (Å²) in [5.41, 5.74) is 19.5. The van der Waals surface area contributed by atoms with E-state index >= 15 is 0 Å². The summed E-state index contributed by atoms with van der Waals surface area (Å²) in [6.45, 7) is 0. The van der Waals surface area contributed by atoms with Gasteiger partial charge in [-0.2, -0.15) is 0 Å². The number of para-hydroxylation sites is 2. The molecule has 7 heteroatoms. The molecule has 414 valence electrons. The lowest BCUT2D eigenvalue weighted by Crippen LogP contribution is -2.15. The number of benzene rings is 14. The summed E-state index contributed by atoms with van der Waals surface area (Å²) in [5, 5.41) is 22.6. The Hall–Kier alpha value is -11.1. The molecule has 0 bridgehead atoms. The lowest BCUT2D eigenvalue weighted by atomic mass is 9.93. The molecule has 0 amide bonds.